The minimum atomic E-state index is -0.711. The van der Waals surface area contributed by atoms with E-state index in [2.05, 4.69) is 11.8 Å². The number of aliphatic hydroxyl groups is 1. The molecule has 23 heavy (non-hydrogen) atoms. The molecular weight excluding hydrogens is 292 g/mol. The maximum Gasteiger partial charge on any atom is 0.269 e. The normalized spacial score (nSPS) is 12.8. The van der Waals surface area contributed by atoms with E-state index >= 15 is 0 Å². The van der Waals surface area contributed by atoms with E-state index in [0.717, 1.165) is 5.56 Å². The van der Waals surface area contributed by atoms with Gasteiger partial charge in [-0.2, -0.15) is 0 Å². The number of non-ortho nitro benzene ring substituents is 1. The second-order valence-corrected chi connectivity index (χ2v) is 5.16. The van der Waals surface area contributed by atoms with Crippen LogP contribution in [0, 0.1) is 22.0 Å². The highest BCUT2D eigenvalue weighted by atomic mass is 16.6. The number of hydrogen-bond donors (Lipinski definition) is 2. The molecule has 0 aliphatic heterocycles. The van der Waals surface area contributed by atoms with Crippen LogP contribution < -0.4 is 5.73 Å². The highest BCUT2D eigenvalue weighted by Gasteiger charge is 2.15. The number of rotatable bonds is 5. The summed E-state index contributed by atoms with van der Waals surface area (Å²) in [5.41, 5.74) is 7.54. The van der Waals surface area contributed by atoms with Gasteiger partial charge in [-0.25, -0.2) is 0 Å². The van der Waals surface area contributed by atoms with E-state index in [0.29, 0.717) is 18.4 Å². The van der Waals surface area contributed by atoms with Gasteiger partial charge in [0.25, 0.3) is 5.69 Å². The molecule has 0 unspecified atom stereocenters. The van der Waals surface area contributed by atoms with Gasteiger partial charge in [-0.05, 0) is 24.1 Å². The van der Waals surface area contributed by atoms with Crippen molar-refractivity contribution in [3.05, 3.63) is 75.8 Å². The predicted molar refractivity (Wildman–Crippen MR) is 88.6 cm³/mol. The van der Waals surface area contributed by atoms with E-state index in [-0.39, 0.29) is 11.7 Å². The van der Waals surface area contributed by atoms with Crippen molar-refractivity contribution >= 4 is 5.69 Å². The number of nitrogens with zero attached hydrogens (tertiary/aromatic N) is 1. The number of nitrogens with two attached hydrogens (primary N) is 1. The molecule has 0 radical (unpaired) electrons. The summed E-state index contributed by atoms with van der Waals surface area (Å²) >= 11 is 0. The van der Waals surface area contributed by atoms with Crippen LogP contribution in [0.3, 0.4) is 0 Å². The Morgan fingerprint density at radius 3 is 2.39 bits per heavy atom. The molecule has 2 atom stereocenters. The standard InChI is InChI=1S/C18H18N2O3/c19-17(18(21)15-7-2-1-3-8-15)9-5-4-6-14-10-12-16(13-11-14)20(22)23/h1-3,7-8,10-13,17-18,21H,5,9,19H2/t17-,18+/m0/s1. The summed E-state index contributed by atoms with van der Waals surface area (Å²) in [5.74, 6) is 5.91. The molecule has 2 aromatic rings. The van der Waals surface area contributed by atoms with Crippen LogP contribution in [0.1, 0.15) is 30.1 Å². The number of nitro benzene ring substituents is 1. The molecule has 5 nitrogen and oxygen atoms in total. The van der Waals surface area contributed by atoms with Crippen molar-refractivity contribution in [2.75, 3.05) is 0 Å². The highest BCUT2D eigenvalue weighted by molar-refractivity contribution is 5.41. The van der Waals surface area contributed by atoms with Crippen LogP contribution in [0.2, 0.25) is 0 Å². The summed E-state index contributed by atoms with van der Waals surface area (Å²) in [6, 6.07) is 15.0. The summed E-state index contributed by atoms with van der Waals surface area (Å²) < 4.78 is 0. The first kappa shape index (κ1) is 16.7. The zero-order valence-electron chi connectivity index (χ0n) is 12.6. The van der Waals surface area contributed by atoms with Crippen LogP contribution in [0.15, 0.2) is 54.6 Å². The van der Waals surface area contributed by atoms with Gasteiger partial charge in [0.05, 0.1) is 11.0 Å². The van der Waals surface area contributed by atoms with Crippen molar-refractivity contribution in [2.24, 2.45) is 5.73 Å². The average Bonchev–Trinajstić information content (AvgIpc) is 2.59. The van der Waals surface area contributed by atoms with Gasteiger partial charge in [-0.15, -0.1) is 0 Å². The van der Waals surface area contributed by atoms with Crippen LogP contribution in [-0.2, 0) is 0 Å². The lowest BCUT2D eigenvalue weighted by molar-refractivity contribution is -0.384. The third kappa shape index (κ3) is 4.92. The second-order valence-electron chi connectivity index (χ2n) is 5.16. The van der Waals surface area contributed by atoms with Gasteiger partial charge in [-0.1, -0.05) is 42.2 Å². The van der Waals surface area contributed by atoms with Gasteiger partial charge in [-0.3, -0.25) is 10.1 Å². The lowest BCUT2D eigenvalue weighted by atomic mass is 9.99. The highest BCUT2D eigenvalue weighted by Crippen LogP contribution is 2.17. The average molecular weight is 310 g/mol. The minimum Gasteiger partial charge on any atom is -0.387 e. The molecule has 0 aromatic heterocycles. The lowest BCUT2D eigenvalue weighted by Gasteiger charge is -2.18. The van der Waals surface area contributed by atoms with Gasteiger partial charge >= 0.3 is 0 Å². The van der Waals surface area contributed by atoms with Crippen LogP contribution in [-0.4, -0.2) is 16.1 Å². The van der Waals surface area contributed by atoms with Crippen LogP contribution in [0.4, 0.5) is 5.69 Å². The second kappa shape index (κ2) is 8.08. The first-order valence-electron chi connectivity index (χ1n) is 7.30. The molecule has 0 heterocycles. The van der Waals surface area contributed by atoms with Crippen LogP contribution in [0.25, 0.3) is 0 Å². The lowest BCUT2D eigenvalue weighted by Crippen LogP contribution is -2.28. The monoisotopic (exact) mass is 310 g/mol. The minimum absolute atomic E-state index is 0.0450. The fourth-order valence-electron chi connectivity index (χ4n) is 2.13. The molecule has 0 aliphatic carbocycles. The molecule has 0 bridgehead atoms. The topological polar surface area (TPSA) is 89.4 Å². The first-order chi connectivity index (χ1) is 11.1. The van der Waals surface area contributed by atoms with E-state index in [9.17, 15) is 15.2 Å². The molecule has 0 saturated carbocycles. The zero-order valence-corrected chi connectivity index (χ0v) is 12.6. The van der Waals surface area contributed by atoms with E-state index in [1.807, 2.05) is 30.3 Å². The predicted octanol–water partition coefficient (Wildman–Crippen LogP) is 2.79. The van der Waals surface area contributed by atoms with Crippen molar-refractivity contribution in [1.82, 2.24) is 0 Å². The van der Waals surface area contributed by atoms with Crippen molar-refractivity contribution in [2.45, 2.75) is 25.0 Å². The molecule has 2 aromatic carbocycles. The van der Waals surface area contributed by atoms with E-state index in [1.165, 1.54) is 12.1 Å². The third-order valence-electron chi connectivity index (χ3n) is 3.46. The number of nitro groups is 1. The molecule has 0 aliphatic rings. The Hall–Kier alpha value is -2.68. The first-order valence-corrected chi connectivity index (χ1v) is 7.30. The molecule has 2 rings (SSSR count). The van der Waals surface area contributed by atoms with E-state index in [4.69, 9.17) is 5.73 Å². The number of aliphatic hydroxyl groups excluding tert-OH is 1. The Kier molecular flexibility index (Phi) is 5.87. The smallest absolute Gasteiger partial charge is 0.269 e. The molecule has 0 fully saturated rings. The van der Waals surface area contributed by atoms with E-state index < -0.39 is 11.0 Å². The maximum atomic E-state index is 10.6. The Labute approximate surface area is 134 Å². The summed E-state index contributed by atoms with van der Waals surface area (Å²) in [5, 5.41) is 20.7. The Morgan fingerprint density at radius 1 is 1.13 bits per heavy atom. The van der Waals surface area contributed by atoms with Gasteiger partial charge in [0, 0.05) is 30.2 Å². The fraction of sp³-hybridized carbons (Fsp3) is 0.222. The summed E-state index contributed by atoms with van der Waals surface area (Å²) in [7, 11) is 0. The van der Waals surface area contributed by atoms with Crippen LogP contribution in [0.5, 0.6) is 0 Å². The summed E-state index contributed by atoms with van der Waals surface area (Å²) in [4.78, 5) is 10.1. The molecule has 118 valence electrons. The Morgan fingerprint density at radius 2 is 1.78 bits per heavy atom. The summed E-state index contributed by atoms with van der Waals surface area (Å²) in [6.45, 7) is 0. The van der Waals surface area contributed by atoms with Gasteiger partial charge in [0.15, 0.2) is 0 Å². The zero-order chi connectivity index (χ0) is 16.7. The van der Waals surface area contributed by atoms with E-state index in [1.54, 1.807) is 12.1 Å². The molecule has 0 amide bonds. The largest absolute Gasteiger partial charge is 0.387 e. The summed E-state index contributed by atoms with van der Waals surface area (Å²) in [6.07, 6.45) is 0.398. The molecule has 3 N–H and O–H groups in total. The number of benzene rings is 2. The fourth-order valence-corrected chi connectivity index (χ4v) is 2.13. The SMILES string of the molecule is N[C@@H](CCC#Cc1ccc([N+](=O)[O-])cc1)[C@H](O)c1ccccc1. The van der Waals surface area contributed by atoms with Crippen molar-refractivity contribution < 1.29 is 10.0 Å². The molecular formula is C18H18N2O3. The van der Waals surface area contributed by atoms with Gasteiger partial charge in [0.2, 0.25) is 0 Å². The third-order valence-corrected chi connectivity index (χ3v) is 3.46. The quantitative estimate of drug-likeness (QED) is 0.505. The maximum absolute atomic E-state index is 10.6. The molecule has 0 saturated heterocycles. The van der Waals surface area contributed by atoms with Gasteiger partial charge in [0.1, 0.15) is 0 Å². The molecule has 0 spiro atoms. The number of hydrogen-bond acceptors (Lipinski definition) is 4. The Bertz CT molecular complexity index is 703. The van der Waals surface area contributed by atoms with Crippen LogP contribution >= 0.6 is 0 Å². The van der Waals surface area contributed by atoms with Crippen molar-refractivity contribution in [1.29, 1.82) is 0 Å². The van der Waals surface area contributed by atoms with Crippen molar-refractivity contribution in [3.8, 4) is 11.8 Å². The Balaban J connectivity index is 1.86. The van der Waals surface area contributed by atoms with Gasteiger partial charge < -0.3 is 10.8 Å². The van der Waals surface area contributed by atoms with Crippen molar-refractivity contribution in [3.63, 3.8) is 0 Å². The molecule has 5 heteroatoms.